The van der Waals surface area contributed by atoms with Crippen LogP contribution in [0.3, 0.4) is 0 Å². The summed E-state index contributed by atoms with van der Waals surface area (Å²) in [5.74, 6) is 1.61. The monoisotopic (exact) mass is 349 g/mol. The number of hydrogen-bond donors (Lipinski definition) is 1. The first-order valence-electron chi connectivity index (χ1n) is 7.63. The highest BCUT2D eigenvalue weighted by Crippen LogP contribution is 2.31. The summed E-state index contributed by atoms with van der Waals surface area (Å²) in [7, 11) is 3.15. The van der Waals surface area contributed by atoms with Gasteiger partial charge in [0.05, 0.1) is 19.5 Å². The van der Waals surface area contributed by atoms with Crippen molar-refractivity contribution in [1.29, 1.82) is 0 Å². The summed E-state index contributed by atoms with van der Waals surface area (Å²) in [5, 5.41) is 11.1. The number of ether oxygens (including phenoxy) is 2. The number of rotatable bonds is 7. The Kier molecular flexibility index (Phi) is 4.94. The molecule has 3 rings (SSSR count). The molecule has 1 atom stereocenters. The maximum Gasteiger partial charge on any atom is 0.277 e. The normalized spacial score (nSPS) is 15.0. The summed E-state index contributed by atoms with van der Waals surface area (Å²) >= 11 is 1.24. The van der Waals surface area contributed by atoms with Gasteiger partial charge in [0.25, 0.3) is 5.22 Å². The van der Waals surface area contributed by atoms with E-state index in [1.807, 2.05) is 6.92 Å². The number of nitrogens with zero attached hydrogens (tertiary/aromatic N) is 2. The molecule has 1 amide bonds. The predicted molar refractivity (Wildman–Crippen MR) is 89.3 cm³/mol. The van der Waals surface area contributed by atoms with Gasteiger partial charge in [0.1, 0.15) is 11.5 Å². The van der Waals surface area contributed by atoms with Gasteiger partial charge in [-0.15, -0.1) is 10.2 Å². The van der Waals surface area contributed by atoms with Crippen LogP contribution in [-0.2, 0) is 4.79 Å². The molecule has 24 heavy (non-hydrogen) atoms. The molecule has 2 aromatic rings. The van der Waals surface area contributed by atoms with Crippen LogP contribution in [0.1, 0.15) is 19.8 Å². The number of hydrogen-bond acceptors (Lipinski definition) is 7. The van der Waals surface area contributed by atoms with E-state index >= 15 is 0 Å². The highest BCUT2D eigenvalue weighted by Gasteiger charge is 2.27. The van der Waals surface area contributed by atoms with Gasteiger partial charge in [-0.25, -0.2) is 0 Å². The fraction of sp³-hybridized carbons (Fsp3) is 0.438. The Balaban J connectivity index is 1.71. The van der Waals surface area contributed by atoms with E-state index in [9.17, 15) is 4.79 Å². The van der Waals surface area contributed by atoms with Crippen LogP contribution < -0.4 is 14.8 Å². The summed E-state index contributed by atoms with van der Waals surface area (Å²) in [4.78, 5) is 12.0. The van der Waals surface area contributed by atoms with E-state index in [4.69, 9.17) is 13.9 Å². The molecule has 1 aliphatic carbocycles. The third-order valence-electron chi connectivity index (χ3n) is 3.58. The maximum atomic E-state index is 12.0. The molecule has 128 valence electrons. The van der Waals surface area contributed by atoms with E-state index in [1.165, 1.54) is 11.8 Å². The number of aromatic nitrogens is 2. The fourth-order valence-electron chi connectivity index (χ4n) is 2.06. The Morgan fingerprint density at radius 2 is 1.92 bits per heavy atom. The molecule has 1 aromatic heterocycles. The number of amides is 1. The van der Waals surface area contributed by atoms with Crippen LogP contribution in [-0.4, -0.2) is 41.6 Å². The summed E-state index contributed by atoms with van der Waals surface area (Å²) in [6.45, 7) is 1.82. The molecule has 0 radical (unpaired) electrons. The molecule has 1 aromatic carbocycles. The zero-order chi connectivity index (χ0) is 17.1. The van der Waals surface area contributed by atoms with Crippen LogP contribution in [0.5, 0.6) is 11.5 Å². The molecule has 1 aliphatic rings. The molecular formula is C16H19N3O4S. The van der Waals surface area contributed by atoms with Gasteiger partial charge in [0.2, 0.25) is 11.8 Å². The molecule has 0 aliphatic heterocycles. The topological polar surface area (TPSA) is 86.5 Å². The third kappa shape index (κ3) is 4.00. The molecular weight excluding hydrogens is 330 g/mol. The van der Waals surface area contributed by atoms with E-state index in [2.05, 4.69) is 15.5 Å². The van der Waals surface area contributed by atoms with Gasteiger partial charge in [-0.1, -0.05) is 11.8 Å². The average molecular weight is 349 g/mol. The lowest BCUT2D eigenvalue weighted by Gasteiger charge is -2.08. The van der Waals surface area contributed by atoms with Crippen molar-refractivity contribution in [3.8, 4) is 23.0 Å². The standard InChI is InChI=1S/C16H19N3O4S/c1-9(14(20)17-11-4-5-11)24-16-19-18-15(23-16)10-6-12(21-2)8-13(7-10)22-3/h6-9,11H,4-5H2,1-3H3,(H,17,20)/t9-/m0/s1. The summed E-state index contributed by atoms with van der Waals surface area (Å²) in [6, 6.07) is 5.67. The van der Waals surface area contributed by atoms with Crippen molar-refractivity contribution in [2.75, 3.05) is 14.2 Å². The highest BCUT2D eigenvalue weighted by atomic mass is 32.2. The van der Waals surface area contributed by atoms with Gasteiger partial charge < -0.3 is 19.2 Å². The maximum absolute atomic E-state index is 12.0. The third-order valence-corrected chi connectivity index (χ3v) is 4.51. The molecule has 0 unspecified atom stereocenters. The SMILES string of the molecule is COc1cc(OC)cc(-c2nnc(S[C@@H](C)C(=O)NC3CC3)o2)c1. The molecule has 1 saturated carbocycles. The van der Waals surface area contributed by atoms with E-state index in [1.54, 1.807) is 32.4 Å². The molecule has 7 nitrogen and oxygen atoms in total. The Hall–Kier alpha value is -2.22. The number of benzene rings is 1. The summed E-state index contributed by atoms with van der Waals surface area (Å²) in [5.41, 5.74) is 0.695. The minimum atomic E-state index is -0.293. The minimum absolute atomic E-state index is 0.00898. The van der Waals surface area contributed by atoms with Gasteiger partial charge in [-0.05, 0) is 31.9 Å². The van der Waals surface area contributed by atoms with E-state index < -0.39 is 0 Å². The van der Waals surface area contributed by atoms with Crippen molar-refractivity contribution in [1.82, 2.24) is 15.5 Å². The second-order valence-electron chi connectivity index (χ2n) is 5.52. The van der Waals surface area contributed by atoms with E-state index in [-0.39, 0.29) is 11.2 Å². The van der Waals surface area contributed by atoms with Gasteiger partial charge in [0, 0.05) is 17.7 Å². The molecule has 8 heteroatoms. The average Bonchev–Trinajstić information content (AvgIpc) is 3.29. The summed E-state index contributed by atoms with van der Waals surface area (Å²) < 4.78 is 16.1. The fourth-order valence-corrected chi connectivity index (χ4v) is 2.75. The quantitative estimate of drug-likeness (QED) is 0.769. The van der Waals surface area contributed by atoms with Crippen molar-refractivity contribution in [2.24, 2.45) is 0 Å². The first-order valence-corrected chi connectivity index (χ1v) is 8.51. The van der Waals surface area contributed by atoms with E-state index in [0.717, 1.165) is 12.8 Å². The smallest absolute Gasteiger partial charge is 0.277 e. The van der Waals surface area contributed by atoms with Crippen LogP contribution in [0.4, 0.5) is 0 Å². The minimum Gasteiger partial charge on any atom is -0.497 e. The van der Waals surface area contributed by atoms with Crippen LogP contribution in [0.25, 0.3) is 11.5 Å². The zero-order valence-corrected chi connectivity index (χ0v) is 14.6. The first-order chi connectivity index (χ1) is 11.6. The largest absolute Gasteiger partial charge is 0.497 e. The number of methoxy groups -OCH3 is 2. The Morgan fingerprint density at radius 3 is 2.50 bits per heavy atom. The van der Waals surface area contributed by atoms with Crippen LogP contribution >= 0.6 is 11.8 Å². The molecule has 1 heterocycles. The van der Waals surface area contributed by atoms with Crippen LogP contribution in [0.15, 0.2) is 27.8 Å². The second kappa shape index (κ2) is 7.12. The Morgan fingerprint density at radius 1 is 1.25 bits per heavy atom. The van der Waals surface area contributed by atoms with Crippen LogP contribution in [0, 0.1) is 0 Å². The number of carbonyl (C=O) groups is 1. The second-order valence-corrected chi connectivity index (χ2v) is 6.81. The van der Waals surface area contributed by atoms with Gasteiger partial charge in [-0.3, -0.25) is 4.79 Å². The molecule has 1 fully saturated rings. The van der Waals surface area contributed by atoms with Gasteiger partial charge in [-0.2, -0.15) is 0 Å². The molecule has 0 bridgehead atoms. The Bertz CT molecular complexity index is 708. The summed E-state index contributed by atoms with van der Waals surface area (Å²) in [6.07, 6.45) is 2.12. The lowest BCUT2D eigenvalue weighted by molar-refractivity contribution is -0.120. The molecule has 1 N–H and O–H groups in total. The van der Waals surface area contributed by atoms with Gasteiger partial charge >= 0.3 is 0 Å². The zero-order valence-electron chi connectivity index (χ0n) is 13.7. The number of nitrogens with one attached hydrogen (secondary N) is 1. The first kappa shape index (κ1) is 16.6. The van der Waals surface area contributed by atoms with Crippen molar-refractivity contribution >= 4 is 17.7 Å². The number of carbonyl (C=O) groups excluding carboxylic acids is 1. The van der Waals surface area contributed by atoms with Crippen molar-refractivity contribution in [3.63, 3.8) is 0 Å². The van der Waals surface area contributed by atoms with Crippen LogP contribution in [0.2, 0.25) is 0 Å². The van der Waals surface area contributed by atoms with Crippen molar-refractivity contribution in [2.45, 2.75) is 36.3 Å². The van der Waals surface area contributed by atoms with Crippen molar-refractivity contribution < 1.29 is 18.7 Å². The van der Waals surface area contributed by atoms with E-state index in [0.29, 0.717) is 34.2 Å². The number of thioether (sulfide) groups is 1. The highest BCUT2D eigenvalue weighted by molar-refractivity contribution is 8.00. The van der Waals surface area contributed by atoms with Gasteiger partial charge in [0.15, 0.2) is 0 Å². The van der Waals surface area contributed by atoms with Crippen molar-refractivity contribution in [3.05, 3.63) is 18.2 Å². The molecule has 0 saturated heterocycles. The lowest BCUT2D eigenvalue weighted by atomic mass is 10.2. The lowest BCUT2D eigenvalue weighted by Crippen LogP contribution is -2.32. The Labute approximate surface area is 144 Å². The molecule has 0 spiro atoms. The predicted octanol–water partition coefficient (Wildman–Crippen LogP) is 2.51.